The van der Waals surface area contributed by atoms with Gasteiger partial charge in [-0.25, -0.2) is 18.4 Å². The van der Waals surface area contributed by atoms with Gasteiger partial charge in [-0.15, -0.1) is 0 Å². The first-order chi connectivity index (χ1) is 8.36. The fourth-order valence-corrected chi connectivity index (χ4v) is 2.74. The number of rotatable bonds is 6. The van der Waals surface area contributed by atoms with Crippen LogP contribution in [0.15, 0.2) is 20.0 Å². The predicted molar refractivity (Wildman–Crippen MR) is 67.6 cm³/mol. The average molecular weight is 340 g/mol. The van der Waals surface area contributed by atoms with E-state index in [4.69, 9.17) is 14.3 Å². The molecular formula is C10H14BrNO5S. The summed E-state index contributed by atoms with van der Waals surface area (Å²) in [5.74, 6) is -0.899. The number of furan rings is 1. The van der Waals surface area contributed by atoms with E-state index in [0.717, 1.165) is 25.3 Å². The first kappa shape index (κ1) is 15.2. The summed E-state index contributed by atoms with van der Waals surface area (Å²) in [7, 11) is -3.92. The van der Waals surface area contributed by atoms with Crippen LogP contribution in [0.1, 0.15) is 36.7 Å². The van der Waals surface area contributed by atoms with Crippen molar-refractivity contribution >= 4 is 31.9 Å². The molecule has 1 heterocycles. The summed E-state index contributed by atoms with van der Waals surface area (Å²) in [5, 5.41) is 4.94. The lowest BCUT2D eigenvalue weighted by Gasteiger charge is -2.00. The molecule has 0 aromatic carbocycles. The molecule has 0 spiro atoms. The molecule has 1 rings (SSSR count). The summed E-state index contributed by atoms with van der Waals surface area (Å²) >= 11 is 2.88. The van der Waals surface area contributed by atoms with E-state index >= 15 is 0 Å². The zero-order valence-corrected chi connectivity index (χ0v) is 12.2. The van der Waals surface area contributed by atoms with Gasteiger partial charge < -0.3 is 9.15 Å². The highest BCUT2D eigenvalue weighted by Crippen LogP contribution is 2.25. The molecule has 1 aromatic heterocycles. The Balaban J connectivity index is 2.71. The molecule has 0 saturated carbocycles. The molecule has 0 fully saturated rings. The maximum atomic E-state index is 11.5. The molecule has 0 aliphatic heterocycles. The number of hydrogen-bond donors (Lipinski definition) is 1. The number of nitrogens with two attached hydrogens (primary N) is 1. The van der Waals surface area contributed by atoms with Gasteiger partial charge in [0.25, 0.3) is 0 Å². The van der Waals surface area contributed by atoms with E-state index in [1.807, 2.05) is 6.92 Å². The number of carbonyl (C=O) groups is 1. The first-order valence-corrected chi connectivity index (χ1v) is 7.69. The Labute approximate surface area is 114 Å². The number of halogens is 1. The van der Waals surface area contributed by atoms with Gasteiger partial charge in [0, 0.05) is 6.07 Å². The van der Waals surface area contributed by atoms with Gasteiger partial charge in [0.2, 0.25) is 15.8 Å². The fourth-order valence-electron chi connectivity index (χ4n) is 1.23. The van der Waals surface area contributed by atoms with Crippen LogP contribution < -0.4 is 5.14 Å². The molecule has 0 amide bonds. The molecule has 18 heavy (non-hydrogen) atoms. The Morgan fingerprint density at radius 3 is 2.67 bits per heavy atom. The van der Waals surface area contributed by atoms with Crippen LogP contribution in [0.5, 0.6) is 0 Å². The van der Waals surface area contributed by atoms with Gasteiger partial charge in [-0.05, 0) is 22.4 Å². The normalized spacial score (nSPS) is 11.5. The maximum Gasteiger partial charge on any atom is 0.374 e. The Hall–Kier alpha value is -0.860. The Bertz CT molecular complexity index is 522. The zero-order chi connectivity index (χ0) is 13.8. The summed E-state index contributed by atoms with van der Waals surface area (Å²) in [6, 6.07) is 1.04. The summed E-state index contributed by atoms with van der Waals surface area (Å²) in [4.78, 5) is 11.3. The van der Waals surface area contributed by atoms with Gasteiger partial charge in [-0.3, -0.25) is 0 Å². The molecule has 0 atom stereocenters. The van der Waals surface area contributed by atoms with E-state index in [1.165, 1.54) is 0 Å². The molecule has 8 heteroatoms. The van der Waals surface area contributed by atoms with Gasteiger partial charge in [-0.2, -0.15) is 0 Å². The van der Waals surface area contributed by atoms with Crippen molar-refractivity contribution in [2.45, 2.75) is 31.1 Å². The highest BCUT2D eigenvalue weighted by molar-refractivity contribution is 9.10. The minimum atomic E-state index is -3.92. The molecular weight excluding hydrogens is 326 g/mol. The quantitative estimate of drug-likeness (QED) is 0.631. The van der Waals surface area contributed by atoms with Crippen LogP contribution in [-0.4, -0.2) is 21.0 Å². The van der Waals surface area contributed by atoms with Gasteiger partial charge in [-0.1, -0.05) is 19.8 Å². The van der Waals surface area contributed by atoms with Crippen LogP contribution >= 0.6 is 15.9 Å². The lowest BCUT2D eigenvalue weighted by molar-refractivity contribution is 0.0460. The van der Waals surface area contributed by atoms with Crippen LogP contribution in [-0.2, 0) is 14.8 Å². The molecule has 0 radical (unpaired) electrons. The summed E-state index contributed by atoms with van der Waals surface area (Å²) in [5.41, 5.74) is 0. The van der Waals surface area contributed by atoms with Gasteiger partial charge >= 0.3 is 5.97 Å². The third kappa shape index (κ3) is 4.11. The van der Waals surface area contributed by atoms with E-state index in [0.29, 0.717) is 0 Å². The number of ether oxygens (including phenoxy) is 1. The number of carbonyl (C=O) groups excluding carboxylic acids is 1. The third-order valence-electron chi connectivity index (χ3n) is 2.14. The van der Waals surface area contributed by atoms with E-state index in [9.17, 15) is 13.2 Å². The van der Waals surface area contributed by atoms with Gasteiger partial charge in [0.05, 0.1) is 6.61 Å². The van der Waals surface area contributed by atoms with Crippen LogP contribution in [0, 0.1) is 0 Å². The van der Waals surface area contributed by atoms with Crippen molar-refractivity contribution in [1.82, 2.24) is 0 Å². The minimum Gasteiger partial charge on any atom is -0.460 e. The summed E-state index contributed by atoms with van der Waals surface area (Å²) in [6.07, 6.45) is 2.73. The SMILES string of the molecule is CCCCCOC(=O)c1cc(S(N)(=O)=O)c(Br)o1. The Kier molecular flexibility index (Phi) is 5.36. The van der Waals surface area contributed by atoms with Crippen LogP contribution in [0.4, 0.5) is 0 Å². The van der Waals surface area contributed by atoms with E-state index < -0.39 is 16.0 Å². The summed E-state index contributed by atoms with van der Waals surface area (Å²) < 4.78 is 32.0. The van der Waals surface area contributed by atoms with E-state index in [2.05, 4.69) is 15.9 Å². The van der Waals surface area contributed by atoms with Crippen molar-refractivity contribution in [1.29, 1.82) is 0 Å². The monoisotopic (exact) mass is 339 g/mol. The molecule has 0 saturated heterocycles. The second-order valence-electron chi connectivity index (χ2n) is 3.64. The highest BCUT2D eigenvalue weighted by atomic mass is 79.9. The van der Waals surface area contributed by atoms with Crippen molar-refractivity contribution in [2.75, 3.05) is 6.61 Å². The molecule has 0 bridgehead atoms. The minimum absolute atomic E-state index is 0.106. The molecule has 0 aliphatic carbocycles. The number of hydrogen-bond acceptors (Lipinski definition) is 5. The number of sulfonamides is 1. The number of esters is 1. The fraction of sp³-hybridized carbons (Fsp3) is 0.500. The number of unbranched alkanes of at least 4 members (excludes halogenated alkanes) is 2. The lowest BCUT2D eigenvalue weighted by Crippen LogP contribution is -2.11. The van der Waals surface area contributed by atoms with Crippen molar-refractivity contribution in [3.63, 3.8) is 0 Å². The largest absolute Gasteiger partial charge is 0.460 e. The first-order valence-electron chi connectivity index (χ1n) is 5.35. The van der Waals surface area contributed by atoms with Crippen molar-refractivity contribution in [3.8, 4) is 0 Å². The van der Waals surface area contributed by atoms with Gasteiger partial charge in [0.15, 0.2) is 4.67 Å². The molecule has 0 aliphatic rings. The molecule has 0 unspecified atom stereocenters. The Morgan fingerprint density at radius 1 is 1.50 bits per heavy atom. The molecule has 2 N–H and O–H groups in total. The second kappa shape index (κ2) is 6.35. The van der Waals surface area contributed by atoms with E-state index in [-0.39, 0.29) is 21.9 Å². The van der Waals surface area contributed by atoms with Crippen molar-refractivity contribution < 1.29 is 22.4 Å². The average Bonchev–Trinajstić information content (AvgIpc) is 2.66. The van der Waals surface area contributed by atoms with Gasteiger partial charge in [0.1, 0.15) is 4.90 Å². The third-order valence-corrected chi connectivity index (χ3v) is 3.91. The van der Waals surface area contributed by atoms with Crippen molar-refractivity contribution in [3.05, 3.63) is 16.5 Å². The van der Waals surface area contributed by atoms with E-state index in [1.54, 1.807) is 0 Å². The standard InChI is InChI=1S/C10H14BrNO5S/c1-2-3-4-5-16-10(13)7-6-8(9(11)17-7)18(12,14)15/h6H,2-5H2,1H3,(H2,12,14,15). The predicted octanol–water partition coefficient (Wildman–Crippen LogP) is 2.04. The van der Waals surface area contributed by atoms with Crippen molar-refractivity contribution in [2.24, 2.45) is 5.14 Å². The highest BCUT2D eigenvalue weighted by Gasteiger charge is 2.22. The lowest BCUT2D eigenvalue weighted by atomic mass is 10.3. The van der Waals surface area contributed by atoms with Crippen LogP contribution in [0.2, 0.25) is 0 Å². The Morgan fingerprint density at radius 2 is 2.17 bits per heavy atom. The number of primary sulfonamides is 1. The molecule has 6 nitrogen and oxygen atoms in total. The second-order valence-corrected chi connectivity index (χ2v) is 5.89. The maximum absolute atomic E-state index is 11.5. The topological polar surface area (TPSA) is 99.6 Å². The zero-order valence-electron chi connectivity index (χ0n) is 9.81. The van der Waals surface area contributed by atoms with Crippen LogP contribution in [0.25, 0.3) is 0 Å². The smallest absolute Gasteiger partial charge is 0.374 e. The molecule has 1 aromatic rings. The van der Waals surface area contributed by atoms with Crippen LogP contribution in [0.3, 0.4) is 0 Å². The molecule has 102 valence electrons. The summed E-state index contributed by atoms with van der Waals surface area (Å²) in [6.45, 7) is 2.31.